The van der Waals surface area contributed by atoms with Crippen LogP contribution in [-0.4, -0.2) is 95.6 Å². The number of nitrogens with one attached hydrogen (secondary N) is 1. The molecule has 2 aliphatic carbocycles. The van der Waals surface area contributed by atoms with Gasteiger partial charge in [0.05, 0.1) is 18.3 Å². The SMILES string of the molecule is O=C1CCC(N2Cc3c(ccc4c3OCC3CN(CC5CCC6(CC5)CN(c5ccccn5)C6)CCN43)C2=O)C(=O)N1.Oc1ccc2c(c1)CCCC2.c1ccccc1. The van der Waals surface area contributed by atoms with E-state index in [1.807, 2.05) is 72.9 Å². The highest BCUT2D eigenvalue weighted by atomic mass is 16.5. The highest BCUT2D eigenvalue weighted by Gasteiger charge is 2.46. The maximum Gasteiger partial charge on any atom is 0.255 e. The van der Waals surface area contributed by atoms with E-state index in [0.717, 1.165) is 74.4 Å². The van der Waals surface area contributed by atoms with Crippen LogP contribution < -0.4 is 19.9 Å². The molecule has 11 heteroatoms. The smallest absolute Gasteiger partial charge is 0.255 e. The fraction of sp³-hybridized carbons (Fsp3) is 0.458. The van der Waals surface area contributed by atoms with Gasteiger partial charge in [0.1, 0.15) is 30.0 Å². The number of piperidine rings is 1. The summed E-state index contributed by atoms with van der Waals surface area (Å²) in [6.45, 7) is 7.37. The number of carbonyl (C=O) groups is 3. The number of rotatable bonds is 4. The van der Waals surface area contributed by atoms with Crippen LogP contribution in [-0.2, 0) is 29.0 Å². The monoisotopic (exact) mass is 796 g/mol. The van der Waals surface area contributed by atoms with Gasteiger partial charge in [0.25, 0.3) is 5.91 Å². The Morgan fingerprint density at radius 2 is 1.58 bits per heavy atom. The molecule has 3 saturated heterocycles. The van der Waals surface area contributed by atoms with Gasteiger partial charge in [0.2, 0.25) is 11.8 Å². The molecule has 1 spiro atoms. The minimum atomic E-state index is -0.614. The first-order valence-electron chi connectivity index (χ1n) is 21.7. The summed E-state index contributed by atoms with van der Waals surface area (Å²) >= 11 is 0. The van der Waals surface area contributed by atoms with Crippen LogP contribution in [0.1, 0.15) is 78.4 Å². The minimum Gasteiger partial charge on any atom is -0.508 e. The number of nitrogens with zero attached hydrogens (tertiary/aromatic N) is 5. The lowest BCUT2D eigenvalue weighted by Gasteiger charge is -2.54. The normalized spacial score (nSPS) is 23.2. The van der Waals surface area contributed by atoms with Crippen molar-refractivity contribution in [2.75, 3.05) is 55.7 Å². The van der Waals surface area contributed by atoms with Crippen LogP contribution in [0.3, 0.4) is 0 Å². The van der Waals surface area contributed by atoms with Gasteiger partial charge in [-0.15, -0.1) is 0 Å². The molecule has 0 radical (unpaired) electrons. The van der Waals surface area contributed by atoms with Crippen molar-refractivity contribution in [1.82, 2.24) is 20.1 Å². The van der Waals surface area contributed by atoms with Gasteiger partial charge in [0, 0.05) is 68.4 Å². The molecule has 1 saturated carbocycles. The number of aromatic hydroxyl groups is 1. The minimum absolute atomic E-state index is 0.154. The zero-order valence-electron chi connectivity index (χ0n) is 33.9. The number of hydrogen-bond acceptors (Lipinski definition) is 9. The first kappa shape index (κ1) is 39.1. The molecule has 308 valence electrons. The molecule has 0 bridgehead atoms. The van der Waals surface area contributed by atoms with Gasteiger partial charge in [-0.25, -0.2) is 4.98 Å². The Labute approximate surface area is 347 Å². The number of imide groups is 1. The topological polar surface area (TPSA) is 119 Å². The van der Waals surface area contributed by atoms with E-state index in [1.165, 1.54) is 56.1 Å². The molecule has 2 unspecified atom stereocenters. The number of phenols is 1. The summed E-state index contributed by atoms with van der Waals surface area (Å²) in [4.78, 5) is 51.0. The van der Waals surface area contributed by atoms with E-state index in [2.05, 4.69) is 37.1 Å². The Balaban J connectivity index is 0.000000217. The average molecular weight is 797 g/mol. The Morgan fingerprint density at radius 1 is 0.814 bits per heavy atom. The lowest BCUT2D eigenvalue weighted by atomic mass is 9.66. The van der Waals surface area contributed by atoms with E-state index in [4.69, 9.17) is 4.74 Å². The summed E-state index contributed by atoms with van der Waals surface area (Å²) in [5.74, 6) is 2.26. The Hall–Kier alpha value is -5.42. The predicted octanol–water partition coefficient (Wildman–Crippen LogP) is 6.38. The number of benzene rings is 3. The second kappa shape index (κ2) is 17.0. The van der Waals surface area contributed by atoms with Crippen LogP contribution in [0.5, 0.6) is 11.5 Å². The number of pyridine rings is 1. The maximum absolute atomic E-state index is 13.2. The molecule has 4 fully saturated rings. The third-order valence-corrected chi connectivity index (χ3v) is 13.6. The Bertz CT molecular complexity index is 2110. The molecule has 6 heterocycles. The average Bonchev–Trinajstić information content (AvgIpc) is 3.60. The molecular weight excluding hydrogens is 741 g/mol. The number of phenolic OH excluding ortho intramolecular Hbond substituents is 1. The van der Waals surface area contributed by atoms with E-state index < -0.39 is 6.04 Å². The van der Waals surface area contributed by atoms with Crippen LogP contribution in [0.15, 0.2) is 91.1 Å². The van der Waals surface area contributed by atoms with Crippen molar-refractivity contribution >= 4 is 29.2 Å². The fourth-order valence-electron chi connectivity index (χ4n) is 10.4. The van der Waals surface area contributed by atoms with Gasteiger partial charge in [-0.2, -0.15) is 0 Å². The maximum atomic E-state index is 13.2. The van der Waals surface area contributed by atoms with Crippen LogP contribution in [0.25, 0.3) is 0 Å². The zero-order valence-corrected chi connectivity index (χ0v) is 33.9. The van der Waals surface area contributed by atoms with E-state index in [-0.39, 0.29) is 24.1 Å². The number of hydrogen-bond donors (Lipinski definition) is 2. The summed E-state index contributed by atoms with van der Waals surface area (Å²) in [7, 11) is 0. The molecule has 59 heavy (non-hydrogen) atoms. The van der Waals surface area contributed by atoms with Crippen molar-refractivity contribution in [2.24, 2.45) is 11.3 Å². The second-order valence-electron chi connectivity index (χ2n) is 17.6. The van der Waals surface area contributed by atoms with Gasteiger partial charge in [-0.3, -0.25) is 24.6 Å². The van der Waals surface area contributed by atoms with Gasteiger partial charge in [0.15, 0.2) is 0 Å². The third-order valence-electron chi connectivity index (χ3n) is 13.6. The van der Waals surface area contributed by atoms with Crippen molar-refractivity contribution in [3.05, 3.63) is 113 Å². The van der Waals surface area contributed by atoms with Crippen LogP contribution in [0.4, 0.5) is 11.5 Å². The summed E-state index contributed by atoms with van der Waals surface area (Å²) in [5.41, 5.74) is 5.80. The highest BCUT2D eigenvalue weighted by Crippen LogP contribution is 2.47. The predicted molar refractivity (Wildman–Crippen MR) is 228 cm³/mol. The van der Waals surface area contributed by atoms with Crippen molar-refractivity contribution in [3.63, 3.8) is 0 Å². The molecule has 4 aromatic rings. The lowest BCUT2D eigenvalue weighted by Crippen LogP contribution is -2.59. The lowest BCUT2D eigenvalue weighted by molar-refractivity contribution is -0.136. The molecule has 5 aliphatic heterocycles. The van der Waals surface area contributed by atoms with Crippen LogP contribution >= 0.6 is 0 Å². The van der Waals surface area contributed by atoms with E-state index in [0.29, 0.717) is 42.3 Å². The van der Waals surface area contributed by atoms with Crippen LogP contribution in [0.2, 0.25) is 0 Å². The number of ether oxygens (including phenoxy) is 1. The first-order chi connectivity index (χ1) is 28.8. The molecule has 2 atom stereocenters. The van der Waals surface area contributed by atoms with E-state index in [9.17, 15) is 19.5 Å². The van der Waals surface area contributed by atoms with E-state index in [1.54, 1.807) is 11.0 Å². The van der Waals surface area contributed by atoms with Crippen molar-refractivity contribution in [1.29, 1.82) is 0 Å². The Morgan fingerprint density at radius 3 is 2.31 bits per heavy atom. The summed E-state index contributed by atoms with van der Waals surface area (Å²) in [5, 5.41) is 11.6. The highest BCUT2D eigenvalue weighted by molar-refractivity contribution is 6.06. The van der Waals surface area contributed by atoms with Gasteiger partial charge < -0.3 is 24.5 Å². The fourth-order valence-corrected chi connectivity index (χ4v) is 10.4. The molecular formula is C48H56N6O5. The standard InChI is InChI=1S/C32H38N6O4.C10H12O.C6H6/c39-28-7-6-26(30(40)34-28)38-17-24-23(31(38)41)4-5-25-29(24)42-18-22-16-35(13-14-37(22)25)15-21-8-10-32(11-9-21)19-36(20-32)27-3-1-2-12-33-27;11-10-6-5-8-3-1-2-4-9(8)7-10;1-2-4-6-5-3-1/h1-5,12,21-22,26H,6-11,13-20H2,(H,34,39,40);5-7,11H,1-4H2;1-6H. The summed E-state index contributed by atoms with van der Waals surface area (Å²) < 4.78 is 6.39. The number of fused-ring (bicyclic) bond motifs is 6. The molecule has 11 nitrogen and oxygen atoms in total. The molecule has 1 aromatic heterocycles. The quantitative estimate of drug-likeness (QED) is 0.227. The number of piperazine rings is 1. The van der Waals surface area contributed by atoms with Gasteiger partial charge >= 0.3 is 0 Å². The number of aromatic nitrogens is 1. The number of aryl methyl sites for hydroxylation is 2. The number of anilines is 2. The van der Waals surface area contributed by atoms with Crippen molar-refractivity contribution < 1.29 is 24.2 Å². The molecule has 3 amide bonds. The molecule has 7 aliphatic rings. The van der Waals surface area contributed by atoms with Crippen molar-refractivity contribution in [2.45, 2.75) is 82.8 Å². The number of carbonyl (C=O) groups excluding carboxylic acids is 3. The molecule has 11 rings (SSSR count). The van der Waals surface area contributed by atoms with Crippen LogP contribution in [0, 0.1) is 11.3 Å². The zero-order chi connectivity index (χ0) is 40.3. The second-order valence-corrected chi connectivity index (χ2v) is 17.6. The number of amides is 3. The van der Waals surface area contributed by atoms with Gasteiger partial charge in [-0.05, 0) is 111 Å². The largest absolute Gasteiger partial charge is 0.508 e. The summed E-state index contributed by atoms with van der Waals surface area (Å²) in [6, 6.07) is 27.5. The Kier molecular flexibility index (Phi) is 11.3. The van der Waals surface area contributed by atoms with Gasteiger partial charge in [-0.1, -0.05) is 48.5 Å². The third kappa shape index (κ3) is 8.40. The summed E-state index contributed by atoms with van der Waals surface area (Å²) in [6.07, 6.45) is 12.7. The first-order valence-corrected chi connectivity index (χ1v) is 21.7. The van der Waals surface area contributed by atoms with Crippen molar-refractivity contribution in [3.8, 4) is 11.5 Å². The van der Waals surface area contributed by atoms with E-state index >= 15 is 0 Å². The molecule has 2 N–H and O–H groups in total. The molecule has 3 aromatic carbocycles.